The van der Waals surface area contributed by atoms with Crippen LogP contribution in [0.25, 0.3) is 48.7 Å². The highest BCUT2D eigenvalue weighted by molar-refractivity contribution is 7.21. The van der Waals surface area contributed by atoms with Gasteiger partial charge in [-0.25, -0.2) is 4.98 Å². The van der Waals surface area contributed by atoms with Crippen molar-refractivity contribution >= 4 is 22.1 Å². The Hall–Kier alpha value is -3.95. The Morgan fingerprint density at radius 1 is 0.531 bits per heavy atom. The quantitative estimate of drug-likeness (QED) is 0.277. The fourth-order valence-corrected chi connectivity index (χ4v) is 5.55. The van der Waals surface area contributed by atoms with E-state index in [1.165, 1.54) is 26.1 Å². The molecule has 4 aromatic carbocycles. The van der Waals surface area contributed by atoms with Gasteiger partial charge in [0.05, 0.1) is 16.3 Å². The van der Waals surface area contributed by atoms with Crippen molar-refractivity contribution in [1.82, 2.24) is 9.55 Å². The first-order chi connectivity index (χ1) is 15.9. The first-order valence-corrected chi connectivity index (χ1v) is 11.5. The van der Waals surface area contributed by atoms with Crippen LogP contribution in [0.2, 0.25) is 0 Å². The topological polar surface area (TPSA) is 17.8 Å². The van der Waals surface area contributed by atoms with Gasteiger partial charge in [0.15, 0.2) is 0 Å². The van der Waals surface area contributed by atoms with E-state index in [9.17, 15) is 0 Å². The van der Waals surface area contributed by atoms with Gasteiger partial charge >= 0.3 is 0 Å². The Morgan fingerprint density at radius 3 is 1.72 bits per heavy atom. The minimum atomic E-state index is 1.00. The largest absolute Gasteiger partial charge is 0.297 e. The van der Waals surface area contributed by atoms with Crippen LogP contribution in [0.4, 0.5) is 0 Å². The van der Waals surface area contributed by atoms with Crippen LogP contribution in [0.15, 0.2) is 122 Å². The summed E-state index contributed by atoms with van der Waals surface area (Å²) in [6.07, 6.45) is 1.95. The summed E-state index contributed by atoms with van der Waals surface area (Å²) in [6, 6.07) is 40.3. The second kappa shape index (κ2) is 7.95. The molecule has 2 aromatic heterocycles. The van der Waals surface area contributed by atoms with E-state index >= 15 is 0 Å². The highest BCUT2D eigenvalue weighted by Gasteiger charge is 2.22. The van der Waals surface area contributed by atoms with Crippen LogP contribution in [0.3, 0.4) is 0 Å². The molecule has 2 nitrogen and oxygen atoms in total. The van der Waals surface area contributed by atoms with E-state index in [2.05, 4.69) is 108 Å². The number of imidazole rings is 1. The second-order valence-electron chi connectivity index (χ2n) is 7.69. The predicted octanol–water partition coefficient (Wildman–Crippen LogP) is 8.09. The normalized spacial score (nSPS) is 11.1. The lowest BCUT2D eigenvalue weighted by Crippen LogP contribution is -1.95. The minimum Gasteiger partial charge on any atom is -0.297 e. The summed E-state index contributed by atoms with van der Waals surface area (Å²) < 4.78 is 2.22. The number of thiophene rings is 1. The molecule has 0 N–H and O–H groups in total. The Kier molecular flexibility index (Phi) is 4.67. The summed E-state index contributed by atoms with van der Waals surface area (Å²) in [4.78, 5) is 7.42. The van der Waals surface area contributed by atoms with Crippen LogP contribution in [-0.2, 0) is 0 Å². The zero-order valence-electron chi connectivity index (χ0n) is 17.3. The number of aromatic nitrogens is 2. The van der Waals surface area contributed by atoms with E-state index in [1.807, 2.05) is 29.8 Å². The van der Waals surface area contributed by atoms with E-state index in [1.54, 1.807) is 0 Å². The summed E-state index contributed by atoms with van der Waals surface area (Å²) >= 11 is 1.84. The molecule has 0 radical (unpaired) electrons. The van der Waals surface area contributed by atoms with Crippen molar-refractivity contribution in [3.63, 3.8) is 0 Å². The monoisotopic (exact) mass is 428 g/mol. The Bertz CT molecular complexity index is 1440. The molecule has 0 spiro atoms. The van der Waals surface area contributed by atoms with Crippen molar-refractivity contribution in [2.24, 2.45) is 0 Å². The molecule has 6 rings (SSSR count). The summed E-state index contributed by atoms with van der Waals surface area (Å²) in [7, 11) is 0. The standard InChI is InChI=1S/C29H20N2S/c1-4-12-21(13-5-1)26-27(31(20-30-26)23-16-8-3-9-17-23)29-25-19-11-10-18-24(25)28(32-29)22-14-6-2-7-15-22/h1-20H. The van der Waals surface area contributed by atoms with Crippen LogP contribution < -0.4 is 0 Å². The molecule has 0 fully saturated rings. The molecule has 0 atom stereocenters. The molecule has 2 heterocycles. The van der Waals surface area contributed by atoms with Gasteiger partial charge in [0.2, 0.25) is 0 Å². The van der Waals surface area contributed by atoms with Crippen LogP contribution >= 0.6 is 11.3 Å². The average Bonchev–Trinajstić information content (AvgIpc) is 3.48. The van der Waals surface area contributed by atoms with E-state index in [0.717, 1.165) is 22.6 Å². The van der Waals surface area contributed by atoms with Gasteiger partial charge in [-0.2, -0.15) is 0 Å². The maximum Gasteiger partial charge on any atom is 0.100 e. The number of fused-ring (bicyclic) bond motifs is 1. The van der Waals surface area contributed by atoms with E-state index < -0.39 is 0 Å². The Morgan fingerprint density at radius 2 is 1.06 bits per heavy atom. The van der Waals surface area contributed by atoms with Crippen molar-refractivity contribution in [1.29, 1.82) is 0 Å². The number of benzene rings is 4. The SMILES string of the molecule is c1ccc(-c2ncn(-c3ccccc3)c2-c2sc(-c3ccccc3)c3ccccc23)cc1. The number of hydrogen-bond donors (Lipinski definition) is 0. The molecule has 0 unspecified atom stereocenters. The summed E-state index contributed by atoms with van der Waals surface area (Å²) in [5.41, 5.74) is 5.60. The maximum atomic E-state index is 4.90. The molecule has 152 valence electrons. The number of para-hydroxylation sites is 1. The third-order valence-corrected chi connectivity index (χ3v) is 7.00. The van der Waals surface area contributed by atoms with Crippen molar-refractivity contribution < 1.29 is 0 Å². The van der Waals surface area contributed by atoms with Gasteiger partial charge in [-0.3, -0.25) is 4.57 Å². The molecule has 0 saturated heterocycles. The first kappa shape index (κ1) is 18.8. The molecular formula is C29H20N2S. The van der Waals surface area contributed by atoms with Crippen molar-refractivity contribution in [2.45, 2.75) is 0 Å². The van der Waals surface area contributed by atoms with Gasteiger partial charge in [-0.05, 0) is 17.7 Å². The molecule has 3 heteroatoms. The summed E-state index contributed by atoms with van der Waals surface area (Å²) in [6.45, 7) is 0. The van der Waals surface area contributed by atoms with E-state index in [-0.39, 0.29) is 0 Å². The van der Waals surface area contributed by atoms with Gasteiger partial charge < -0.3 is 0 Å². The molecule has 0 amide bonds. The molecular weight excluding hydrogens is 408 g/mol. The molecule has 6 aromatic rings. The lowest BCUT2D eigenvalue weighted by atomic mass is 10.0. The Balaban J connectivity index is 1.68. The van der Waals surface area contributed by atoms with Crippen molar-refractivity contribution in [3.05, 3.63) is 122 Å². The Labute approximate surface area is 191 Å². The van der Waals surface area contributed by atoms with Gasteiger partial charge in [-0.1, -0.05) is 103 Å². The van der Waals surface area contributed by atoms with Gasteiger partial charge in [0, 0.05) is 26.9 Å². The molecule has 0 aliphatic rings. The fourth-order valence-electron chi connectivity index (χ4n) is 4.23. The average molecular weight is 429 g/mol. The number of nitrogens with zero attached hydrogens (tertiary/aromatic N) is 2. The van der Waals surface area contributed by atoms with Gasteiger partial charge in [0.1, 0.15) is 6.33 Å². The third-order valence-electron chi connectivity index (χ3n) is 5.72. The van der Waals surface area contributed by atoms with E-state index in [0.29, 0.717) is 0 Å². The molecule has 32 heavy (non-hydrogen) atoms. The summed E-state index contributed by atoms with van der Waals surface area (Å²) in [5.74, 6) is 0. The van der Waals surface area contributed by atoms with Crippen LogP contribution in [-0.4, -0.2) is 9.55 Å². The molecule has 0 aliphatic heterocycles. The molecule has 0 aliphatic carbocycles. The van der Waals surface area contributed by atoms with Crippen LogP contribution in [0, 0.1) is 0 Å². The predicted molar refractivity (Wildman–Crippen MR) is 135 cm³/mol. The first-order valence-electron chi connectivity index (χ1n) is 10.7. The second-order valence-corrected chi connectivity index (χ2v) is 8.71. The molecule has 0 bridgehead atoms. The van der Waals surface area contributed by atoms with Gasteiger partial charge in [0.25, 0.3) is 0 Å². The van der Waals surface area contributed by atoms with Crippen molar-refractivity contribution in [3.8, 4) is 38.0 Å². The van der Waals surface area contributed by atoms with Crippen molar-refractivity contribution in [2.75, 3.05) is 0 Å². The number of hydrogen-bond acceptors (Lipinski definition) is 2. The maximum absolute atomic E-state index is 4.90. The lowest BCUT2D eigenvalue weighted by molar-refractivity contribution is 1.07. The fraction of sp³-hybridized carbons (Fsp3) is 0. The van der Waals surface area contributed by atoms with Crippen LogP contribution in [0.1, 0.15) is 0 Å². The highest BCUT2D eigenvalue weighted by Crippen LogP contribution is 2.46. The number of rotatable bonds is 4. The lowest BCUT2D eigenvalue weighted by Gasteiger charge is -2.10. The van der Waals surface area contributed by atoms with E-state index in [4.69, 9.17) is 4.98 Å². The zero-order valence-corrected chi connectivity index (χ0v) is 18.2. The zero-order chi connectivity index (χ0) is 21.3. The minimum absolute atomic E-state index is 1.00. The summed E-state index contributed by atoms with van der Waals surface area (Å²) in [5, 5.41) is 2.53. The molecule has 0 saturated carbocycles. The smallest absolute Gasteiger partial charge is 0.100 e. The van der Waals surface area contributed by atoms with Gasteiger partial charge in [-0.15, -0.1) is 11.3 Å². The third kappa shape index (κ3) is 3.15. The highest BCUT2D eigenvalue weighted by atomic mass is 32.1. The van der Waals surface area contributed by atoms with Crippen LogP contribution in [0.5, 0.6) is 0 Å².